The van der Waals surface area contributed by atoms with E-state index in [0.29, 0.717) is 11.8 Å². The summed E-state index contributed by atoms with van der Waals surface area (Å²) in [6.07, 6.45) is 1.06. The van der Waals surface area contributed by atoms with Crippen LogP contribution in [-0.2, 0) is 6.54 Å². The van der Waals surface area contributed by atoms with E-state index in [4.69, 9.17) is 4.42 Å². The number of aromatic nitrogens is 2. The minimum absolute atomic E-state index is 0.317. The topological polar surface area (TPSA) is 45.4 Å². The summed E-state index contributed by atoms with van der Waals surface area (Å²) in [6, 6.07) is 17.0. The van der Waals surface area contributed by atoms with Gasteiger partial charge in [-0.2, -0.15) is 0 Å². The predicted octanol–water partition coefficient (Wildman–Crippen LogP) is 4.10. The second-order valence-electron chi connectivity index (χ2n) is 7.59. The molecule has 1 atom stereocenters. The Labute approximate surface area is 160 Å². The predicted molar refractivity (Wildman–Crippen MR) is 108 cm³/mol. The molecule has 1 aliphatic rings. The van der Waals surface area contributed by atoms with Crippen LogP contribution in [0.25, 0.3) is 11.5 Å². The number of nitrogens with zero attached hydrogens (tertiary/aromatic N) is 4. The van der Waals surface area contributed by atoms with E-state index in [9.17, 15) is 0 Å². The van der Waals surface area contributed by atoms with Crippen molar-refractivity contribution in [2.45, 2.75) is 25.8 Å². The van der Waals surface area contributed by atoms with E-state index >= 15 is 0 Å². The molecule has 140 valence electrons. The van der Waals surface area contributed by atoms with Crippen LogP contribution in [0.3, 0.4) is 0 Å². The summed E-state index contributed by atoms with van der Waals surface area (Å²) in [5, 5.41) is 8.58. The summed E-state index contributed by atoms with van der Waals surface area (Å²) >= 11 is 0. The van der Waals surface area contributed by atoms with Crippen LogP contribution in [0.2, 0.25) is 0 Å². The van der Waals surface area contributed by atoms with Gasteiger partial charge in [0.25, 0.3) is 0 Å². The summed E-state index contributed by atoms with van der Waals surface area (Å²) in [5.74, 6) is 1.69. The minimum atomic E-state index is 0.317. The molecule has 0 saturated carbocycles. The maximum atomic E-state index is 5.98. The lowest BCUT2D eigenvalue weighted by Crippen LogP contribution is -2.20. The summed E-state index contributed by atoms with van der Waals surface area (Å²) in [5.41, 5.74) is 4.78. The van der Waals surface area contributed by atoms with Gasteiger partial charge in [0.1, 0.15) is 0 Å². The standard InChI is InChI=1S/C22H26N4O/c1-16-4-8-18(9-5-16)21-23-24-22(27-21)19-12-13-26(15-19)14-17-6-10-20(11-7-17)25(2)3/h4-11,19H,12-15H2,1-3H3/t19-/m0/s1. The van der Waals surface area contributed by atoms with Gasteiger partial charge in [0.2, 0.25) is 11.8 Å². The number of hydrogen-bond acceptors (Lipinski definition) is 5. The highest BCUT2D eigenvalue weighted by Gasteiger charge is 2.28. The van der Waals surface area contributed by atoms with E-state index < -0.39 is 0 Å². The van der Waals surface area contributed by atoms with Crippen molar-refractivity contribution in [3.05, 3.63) is 65.5 Å². The van der Waals surface area contributed by atoms with E-state index in [-0.39, 0.29) is 0 Å². The Hall–Kier alpha value is -2.66. The van der Waals surface area contributed by atoms with E-state index in [1.54, 1.807) is 0 Å². The third kappa shape index (κ3) is 4.03. The molecule has 2 aromatic carbocycles. The van der Waals surface area contributed by atoms with Gasteiger partial charge in [0.15, 0.2) is 0 Å². The van der Waals surface area contributed by atoms with Crippen molar-refractivity contribution in [1.82, 2.24) is 15.1 Å². The van der Waals surface area contributed by atoms with Crippen molar-refractivity contribution >= 4 is 5.69 Å². The molecular weight excluding hydrogens is 336 g/mol. The number of hydrogen-bond donors (Lipinski definition) is 0. The van der Waals surface area contributed by atoms with Gasteiger partial charge in [0.05, 0.1) is 5.92 Å². The quantitative estimate of drug-likeness (QED) is 0.684. The van der Waals surface area contributed by atoms with Gasteiger partial charge >= 0.3 is 0 Å². The summed E-state index contributed by atoms with van der Waals surface area (Å²) in [4.78, 5) is 4.59. The lowest BCUT2D eigenvalue weighted by atomic mass is 10.1. The first-order chi connectivity index (χ1) is 13.1. The van der Waals surface area contributed by atoms with Crippen molar-refractivity contribution in [1.29, 1.82) is 0 Å². The third-order valence-electron chi connectivity index (χ3n) is 5.22. The lowest BCUT2D eigenvalue weighted by Gasteiger charge is -2.17. The average Bonchev–Trinajstić information content (AvgIpc) is 3.32. The smallest absolute Gasteiger partial charge is 0.247 e. The van der Waals surface area contributed by atoms with Crippen molar-refractivity contribution in [2.75, 3.05) is 32.1 Å². The molecule has 0 radical (unpaired) electrons. The largest absolute Gasteiger partial charge is 0.420 e. The average molecular weight is 362 g/mol. The fourth-order valence-electron chi connectivity index (χ4n) is 3.55. The highest BCUT2D eigenvalue weighted by atomic mass is 16.4. The summed E-state index contributed by atoms with van der Waals surface area (Å²) in [7, 11) is 4.13. The zero-order valence-corrected chi connectivity index (χ0v) is 16.2. The fraction of sp³-hybridized carbons (Fsp3) is 0.364. The van der Waals surface area contributed by atoms with Crippen LogP contribution in [0.4, 0.5) is 5.69 Å². The van der Waals surface area contributed by atoms with Crippen LogP contribution in [0, 0.1) is 6.92 Å². The van der Waals surface area contributed by atoms with Crippen molar-refractivity contribution in [2.24, 2.45) is 0 Å². The molecule has 0 N–H and O–H groups in total. The first kappa shape index (κ1) is 17.7. The van der Waals surface area contributed by atoms with Gasteiger partial charge < -0.3 is 9.32 Å². The zero-order chi connectivity index (χ0) is 18.8. The first-order valence-corrected chi connectivity index (χ1v) is 9.47. The van der Waals surface area contributed by atoms with Crippen molar-refractivity contribution < 1.29 is 4.42 Å². The Balaban J connectivity index is 1.39. The van der Waals surface area contributed by atoms with Crippen molar-refractivity contribution in [3.8, 4) is 11.5 Å². The van der Waals surface area contributed by atoms with E-state index in [1.807, 2.05) is 12.1 Å². The number of benzene rings is 2. The number of rotatable bonds is 5. The molecule has 0 amide bonds. The van der Waals surface area contributed by atoms with E-state index in [1.165, 1.54) is 16.8 Å². The minimum Gasteiger partial charge on any atom is -0.420 e. The second kappa shape index (κ2) is 7.53. The molecule has 1 fully saturated rings. The molecule has 0 bridgehead atoms. The molecule has 5 nitrogen and oxygen atoms in total. The van der Waals surface area contributed by atoms with Gasteiger partial charge in [-0.15, -0.1) is 10.2 Å². The maximum absolute atomic E-state index is 5.98. The molecule has 5 heteroatoms. The van der Waals surface area contributed by atoms with Crippen LogP contribution < -0.4 is 4.90 Å². The molecule has 0 aliphatic carbocycles. The zero-order valence-electron chi connectivity index (χ0n) is 16.2. The Morgan fingerprint density at radius 1 is 1.04 bits per heavy atom. The Morgan fingerprint density at radius 2 is 1.78 bits per heavy atom. The van der Waals surface area contributed by atoms with Crippen LogP contribution >= 0.6 is 0 Å². The van der Waals surface area contributed by atoms with Gasteiger partial charge in [-0.25, -0.2) is 0 Å². The molecule has 1 aliphatic heterocycles. The third-order valence-corrected chi connectivity index (χ3v) is 5.22. The highest BCUT2D eigenvalue weighted by molar-refractivity contribution is 5.52. The lowest BCUT2D eigenvalue weighted by molar-refractivity contribution is 0.320. The summed E-state index contributed by atoms with van der Waals surface area (Å²) < 4.78 is 5.98. The van der Waals surface area contributed by atoms with Gasteiger partial charge in [-0.1, -0.05) is 29.8 Å². The Morgan fingerprint density at radius 3 is 2.48 bits per heavy atom. The van der Waals surface area contributed by atoms with Crippen LogP contribution in [0.5, 0.6) is 0 Å². The molecular formula is C22H26N4O. The number of aryl methyl sites for hydroxylation is 1. The molecule has 1 aromatic heterocycles. The SMILES string of the molecule is Cc1ccc(-c2nnc([C@H]3CCN(Cc4ccc(N(C)C)cc4)C3)o2)cc1. The van der Waals surface area contributed by atoms with Crippen molar-refractivity contribution in [3.63, 3.8) is 0 Å². The van der Waals surface area contributed by atoms with Crippen LogP contribution in [0.1, 0.15) is 29.4 Å². The highest BCUT2D eigenvalue weighted by Crippen LogP contribution is 2.29. The van der Waals surface area contributed by atoms with E-state index in [2.05, 4.69) is 77.4 Å². The molecule has 27 heavy (non-hydrogen) atoms. The van der Waals surface area contributed by atoms with Gasteiger partial charge in [0, 0.05) is 38.4 Å². The second-order valence-corrected chi connectivity index (χ2v) is 7.59. The van der Waals surface area contributed by atoms with Crippen LogP contribution in [-0.4, -0.2) is 42.3 Å². The normalized spacial score (nSPS) is 17.4. The molecule has 2 heterocycles. The van der Waals surface area contributed by atoms with Gasteiger partial charge in [-0.3, -0.25) is 4.90 Å². The summed E-state index contributed by atoms with van der Waals surface area (Å²) in [6.45, 7) is 5.06. The monoisotopic (exact) mass is 362 g/mol. The van der Waals surface area contributed by atoms with Gasteiger partial charge in [-0.05, 0) is 49.7 Å². The number of likely N-dealkylation sites (tertiary alicyclic amines) is 1. The number of anilines is 1. The Kier molecular flexibility index (Phi) is 4.94. The van der Waals surface area contributed by atoms with Crippen LogP contribution in [0.15, 0.2) is 52.9 Å². The molecule has 3 aromatic rings. The fourth-order valence-corrected chi connectivity index (χ4v) is 3.55. The first-order valence-electron chi connectivity index (χ1n) is 9.47. The molecule has 4 rings (SSSR count). The molecule has 1 saturated heterocycles. The molecule has 0 unspecified atom stereocenters. The Bertz CT molecular complexity index is 883. The van der Waals surface area contributed by atoms with E-state index in [0.717, 1.165) is 37.5 Å². The molecule has 0 spiro atoms. The maximum Gasteiger partial charge on any atom is 0.247 e.